The SMILES string of the molecule is CCOc1ccc(F)cc1C(=O)c1cnc(SCC)nc1N. The van der Waals surface area contributed by atoms with Gasteiger partial charge in [0.15, 0.2) is 5.16 Å². The summed E-state index contributed by atoms with van der Waals surface area (Å²) in [6, 6.07) is 3.79. The Balaban J connectivity index is 2.41. The van der Waals surface area contributed by atoms with E-state index in [1.807, 2.05) is 6.92 Å². The van der Waals surface area contributed by atoms with Crippen molar-refractivity contribution in [2.75, 3.05) is 18.1 Å². The second-order valence-corrected chi connectivity index (χ2v) is 5.52. The number of halogens is 1. The van der Waals surface area contributed by atoms with Crippen molar-refractivity contribution in [3.05, 3.63) is 41.3 Å². The van der Waals surface area contributed by atoms with E-state index in [9.17, 15) is 9.18 Å². The van der Waals surface area contributed by atoms with Crippen LogP contribution >= 0.6 is 11.8 Å². The van der Waals surface area contributed by atoms with Crippen molar-refractivity contribution < 1.29 is 13.9 Å². The molecule has 5 nitrogen and oxygen atoms in total. The Bertz CT molecular complexity index is 694. The molecule has 22 heavy (non-hydrogen) atoms. The van der Waals surface area contributed by atoms with E-state index in [1.165, 1.54) is 30.1 Å². The Hall–Kier alpha value is -2.15. The van der Waals surface area contributed by atoms with Gasteiger partial charge in [0, 0.05) is 6.20 Å². The second kappa shape index (κ2) is 7.22. The highest BCUT2D eigenvalue weighted by Crippen LogP contribution is 2.25. The van der Waals surface area contributed by atoms with Crippen LogP contribution in [0.2, 0.25) is 0 Å². The summed E-state index contributed by atoms with van der Waals surface area (Å²) >= 11 is 1.42. The quantitative estimate of drug-likeness (QED) is 0.501. The molecule has 0 radical (unpaired) electrons. The molecule has 7 heteroatoms. The van der Waals surface area contributed by atoms with Crippen molar-refractivity contribution in [2.45, 2.75) is 19.0 Å². The van der Waals surface area contributed by atoms with Crippen molar-refractivity contribution in [2.24, 2.45) is 0 Å². The van der Waals surface area contributed by atoms with Gasteiger partial charge in [-0.2, -0.15) is 0 Å². The maximum atomic E-state index is 13.5. The van der Waals surface area contributed by atoms with Crippen LogP contribution in [0.5, 0.6) is 5.75 Å². The number of aromatic nitrogens is 2. The lowest BCUT2D eigenvalue weighted by atomic mass is 10.0. The van der Waals surface area contributed by atoms with Gasteiger partial charge < -0.3 is 10.5 Å². The predicted molar refractivity (Wildman–Crippen MR) is 83.8 cm³/mol. The predicted octanol–water partition coefficient (Wildman–Crippen LogP) is 2.94. The van der Waals surface area contributed by atoms with Gasteiger partial charge in [-0.15, -0.1) is 0 Å². The zero-order valence-electron chi connectivity index (χ0n) is 12.3. The number of thioether (sulfide) groups is 1. The molecule has 0 unspecified atom stereocenters. The number of ether oxygens (including phenoxy) is 1. The van der Waals surface area contributed by atoms with Crippen molar-refractivity contribution in [3.8, 4) is 5.75 Å². The molecule has 0 aliphatic rings. The summed E-state index contributed by atoms with van der Waals surface area (Å²) in [7, 11) is 0. The number of hydrogen-bond acceptors (Lipinski definition) is 6. The van der Waals surface area contributed by atoms with Crippen molar-refractivity contribution in [1.29, 1.82) is 0 Å². The minimum absolute atomic E-state index is 0.0719. The van der Waals surface area contributed by atoms with E-state index in [1.54, 1.807) is 6.92 Å². The molecule has 1 aromatic heterocycles. The topological polar surface area (TPSA) is 78.1 Å². The van der Waals surface area contributed by atoms with Crippen molar-refractivity contribution in [1.82, 2.24) is 9.97 Å². The van der Waals surface area contributed by atoms with Gasteiger partial charge >= 0.3 is 0 Å². The molecule has 2 aromatic rings. The molecule has 1 heterocycles. The summed E-state index contributed by atoms with van der Waals surface area (Å²) in [6.45, 7) is 4.11. The van der Waals surface area contributed by atoms with Crippen LogP contribution in [0, 0.1) is 5.82 Å². The number of carbonyl (C=O) groups excluding carboxylic acids is 1. The molecule has 0 aliphatic carbocycles. The number of nitrogens with two attached hydrogens (primary N) is 1. The van der Waals surface area contributed by atoms with E-state index in [0.717, 1.165) is 11.8 Å². The van der Waals surface area contributed by atoms with E-state index >= 15 is 0 Å². The average molecular weight is 321 g/mol. The van der Waals surface area contributed by atoms with Crippen molar-refractivity contribution in [3.63, 3.8) is 0 Å². The molecule has 0 saturated carbocycles. The van der Waals surface area contributed by atoms with Crippen LogP contribution in [0.25, 0.3) is 0 Å². The molecule has 2 rings (SSSR count). The third-order valence-corrected chi connectivity index (χ3v) is 3.54. The molecule has 0 aliphatic heterocycles. The third kappa shape index (κ3) is 3.54. The molecule has 0 spiro atoms. The van der Waals surface area contributed by atoms with Gasteiger partial charge in [0.05, 0.1) is 17.7 Å². The molecule has 0 bridgehead atoms. The molecule has 0 atom stereocenters. The number of rotatable bonds is 6. The maximum Gasteiger partial charge on any atom is 0.202 e. The maximum absolute atomic E-state index is 13.5. The van der Waals surface area contributed by atoms with Gasteiger partial charge in [-0.25, -0.2) is 14.4 Å². The van der Waals surface area contributed by atoms with Crippen LogP contribution in [-0.2, 0) is 0 Å². The Morgan fingerprint density at radius 2 is 2.14 bits per heavy atom. The number of nitrogens with zero attached hydrogens (tertiary/aromatic N) is 2. The highest BCUT2D eigenvalue weighted by molar-refractivity contribution is 7.99. The summed E-state index contributed by atoms with van der Waals surface area (Å²) in [6.07, 6.45) is 1.36. The third-order valence-electron chi connectivity index (χ3n) is 2.80. The second-order valence-electron chi connectivity index (χ2n) is 4.29. The van der Waals surface area contributed by atoms with E-state index < -0.39 is 11.6 Å². The molecular weight excluding hydrogens is 305 g/mol. The smallest absolute Gasteiger partial charge is 0.202 e. The number of benzene rings is 1. The number of anilines is 1. The van der Waals surface area contributed by atoms with E-state index in [-0.39, 0.29) is 16.9 Å². The molecule has 116 valence electrons. The summed E-state index contributed by atoms with van der Waals surface area (Å²) < 4.78 is 18.8. The Labute approximate surface area is 132 Å². The number of nitrogen functional groups attached to an aromatic ring is 1. The van der Waals surface area contributed by atoms with Crippen LogP contribution in [0.1, 0.15) is 29.8 Å². The lowest BCUT2D eigenvalue weighted by Gasteiger charge is -2.10. The first-order valence-electron chi connectivity index (χ1n) is 6.79. The van der Waals surface area contributed by atoms with Crippen molar-refractivity contribution >= 4 is 23.4 Å². The first kappa shape index (κ1) is 16.2. The van der Waals surface area contributed by atoms with Crippen LogP contribution in [-0.4, -0.2) is 28.1 Å². The van der Waals surface area contributed by atoms with Gasteiger partial charge in [-0.05, 0) is 30.9 Å². The summed E-state index contributed by atoms with van der Waals surface area (Å²) in [4.78, 5) is 20.7. The Kier molecular flexibility index (Phi) is 5.32. The molecule has 1 aromatic carbocycles. The molecule has 0 saturated heterocycles. The molecule has 0 fully saturated rings. The van der Waals surface area contributed by atoms with Gasteiger partial charge in [0.2, 0.25) is 5.78 Å². The lowest BCUT2D eigenvalue weighted by molar-refractivity contribution is 0.103. The van der Waals surface area contributed by atoms with Gasteiger partial charge in [0.25, 0.3) is 0 Å². The van der Waals surface area contributed by atoms with Gasteiger partial charge in [-0.3, -0.25) is 4.79 Å². The number of carbonyl (C=O) groups is 1. The molecule has 2 N–H and O–H groups in total. The highest BCUT2D eigenvalue weighted by Gasteiger charge is 2.19. The largest absolute Gasteiger partial charge is 0.493 e. The Morgan fingerprint density at radius 3 is 2.77 bits per heavy atom. The first-order valence-corrected chi connectivity index (χ1v) is 7.77. The first-order chi connectivity index (χ1) is 10.6. The standard InChI is InChI=1S/C15H16FN3O2S/c1-3-21-12-6-5-9(16)7-10(12)13(20)11-8-18-15(22-4-2)19-14(11)17/h5-8H,3-4H2,1-2H3,(H2,17,18,19). The minimum Gasteiger partial charge on any atom is -0.493 e. The van der Waals surface area contributed by atoms with Crippen LogP contribution in [0.4, 0.5) is 10.2 Å². The van der Waals surface area contributed by atoms with Crippen LogP contribution in [0.3, 0.4) is 0 Å². The van der Waals surface area contributed by atoms with E-state index in [4.69, 9.17) is 10.5 Å². The monoisotopic (exact) mass is 321 g/mol. The fourth-order valence-corrected chi connectivity index (χ4v) is 2.41. The van der Waals surface area contributed by atoms with E-state index in [2.05, 4.69) is 9.97 Å². The summed E-state index contributed by atoms with van der Waals surface area (Å²) in [5.74, 6) is 0.186. The van der Waals surface area contributed by atoms with Crippen LogP contribution in [0.15, 0.2) is 29.6 Å². The minimum atomic E-state index is -0.524. The lowest BCUT2D eigenvalue weighted by Crippen LogP contribution is -2.11. The summed E-state index contributed by atoms with van der Waals surface area (Å²) in [5, 5.41) is 0.501. The average Bonchev–Trinajstić information content (AvgIpc) is 2.49. The fourth-order valence-electron chi connectivity index (χ4n) is 1.86. The van der Waals surface area contributed by atoms with E-state index in [0.29, 0.717) is 17.5 Å². The molecule has 0 amide bonds. The van der Waals surface area contributed by atoms with Gasteiger partial charge in [-0.1, -0.05) is 18.7 Å². The normalized spacial score (nSPS) is 10.5. The zero-order chi connectivity index (χ0) is 16.1. The fraction of sp³-hybridized carbons (Fsp3) is 0.267. The Morgan fingerprint density at radius 1 is 1.36 bits per heavy atom. The number of ketones is 1. The molecular formula is C15H16FN3O2S. The van der Waals surface area contributed by atoms with Gasteiger partial charge in [0.1, 0.15) is 17.4 Å². The number of hydrogen-bond donors (Lipinski definition) is 1. The summed E-state index contributed by atoms with van der Waals surface area (Å²) in [5.41, 5.74) is 6.07. The zero-order valence-corrected chi connectivity index (χ0v) is 13.1. The highest BCUT2D eigenvalue weighted by atomic mass is 32.2. The van der Waals surface area contributed by atoms with Crippen LogP contribution < -0.4 is 10.5 Å².